The Labute approximate surface area is 113 Å². The number of carbonyl (C=O) groups excluding carboxylic acids is 1. The monoisotopic (exact) mass is 286 g/mol. The fraction of sp³-hybridized carbons (Fsp3) is 0.417. The van der Waals surface area contributed by atoms with E-state index in [1.807, 2.05) is 0 Å². The van der Waals surface area contributed by atoms with Crippen LogP contribution in [0, 0.1) is 0 Å². The SMILES string of the molecule is COc1cccc(C(=O)NCCCNS(C)(=O)=O)c1. The molecular formula is C12H18N2O4S. The second-order valence-corrected chi connectivity index (χ2v) is 5.84. The quantitative estimate of drug-likeness (QED) is 0.709. The van der Waals surface area contributed by atoms with Crippen LogP contribution in [0.2, 0.25) is 0 Å². The van der Waals surface area contributed by atoms with E-state index in [9.17, 15) is 13.2 Å². The summed E-state index contributed by atoms with van der Waals surface area (Å²) in [4.78, 5) is 11.8. The molecule has 1 aromatic rings. The molecule has 19 heavy (non-hydrogen) atoms. The van der Waals surface area contributed by atoms with Gasteiger partial charge >= 0.3 is 0 Å². The molecule has 2 N–H and O–H groups in total. The summed E-state index contributed by atoms with van der Waals surface area (Å²) < 4.78 is 29.0. The summed E-state index contributed by atoms with van der Waals surface area (Å²) in [6.45, 7) is 0.704. The van der Waals surface area contributed by atoms with Gasteiger partial charge in [-0.25, -0.2) is 13.1 Å². The van der Waals surface area contributed by atoms with Gasteiger partial charge in [0.2, 0.25) is 10.0 Å². The molecule has 0 fully saturated rings. The van der Waals surface area contributed by atoms with Crippen molar-refractivity contribution in [2.24, 2.45) is 0 Å². The average molecular weight is 286 g/mol. The smallest absolute Gasteiger partial charge is 0.251 e. The lowest BCUT2D eigenvalue weighted by Crippen LogP contribution is -2.29. The van der Waals surface area contributed by atoms with E-state index in [1.165, 1.54) is 7.11 Å². The molecule has 1 amide bonds. The standard InChI is InChI=1S/C12H18N2O4S/c1-18-11-6-3-5-10(9-11)12(15)13-7-4-8-14-19(2,16)17/h3,5-6,9,14H,4,7-8H2,1-2H3,(H,13,15). The van der Waals surface area contributed by atoms with Crippen LogP contribution in [0.3, 0.4) is 0 Å². The molecule has 0 radical (unpaired) electrons. The van der Waals surface area contributed by atoms with Crippen LogP contribution < -0.4 is 14.8 Å². The van der Waals surface area contributed by atoms with Crippen molar-refractivity contribution in [1.82, 2.24) is 10.0 Å². The third-order valence-electron chi connectivity index (χ3n) is 2.34. The molecule has 1 rings (SSSR count). The maximum atomic E-state index is 11.8. The van der Waals surface area contributed by atoms with E-state index in [-0.39, 0.29) is 5.91 Å². The molecule has 0 aliphatic rings. The summed E-state index contributed by atoms with van der Waals surface area (Å²) >= 11 is 0. The Hall–Kier alpha value is -1.60. The van der Waals surface area contributed by atoms with Gasteiger partial charge in [-0.15, -0.1) is 0 Å². The van der Waals surface area contributed by atoms with Gasteiger partial charge in [-0.1, -0.05) is 6.07 Å². The summed E-state index contributed by atoms with van der Waals surface area (Å²) in [5.74, 6) is 0.407. The topological polar surface area (TPSA) is 84.5 Å². The minimum absolute atomic E-state index is 0.210. The fourth-order valence-corrected chi connectivity index (χ4v) is 1.93. The van der Waals surface area contributed by atoms with E-state index in [2.05, 4.69) is 10.0 Å². The molecule has 0 aliphatic carbocycles. The number of hydrogen-bond donors (Lipinski definition) is 2. The first kappa shape index (κ1) is 15.5. The molecule has 6 nitrogen and oxygen atoms in total. The highest BCUT2D eigenvalue weighted by Gasteiger charge is 2.06. The first-order chi connectivity index (χ1) is 8.92. The highest BCUT2D eigenvalue weighted by atomic mass is 32.2. The van der Waals surface area contributed by atoms with Crippen molar-refractivity contribution in [3.05, 3.63) is 29.8 Å². The van der Waals surface area contributed by atoms with Crippen molar-refractivity contribution in [2.75, 3.05) is 26.5 Å². The van der Waals surface area contributed by atoms with Crippen molar-refractivity contribution < 1.29 is 17.9 Å². The summed E-state index contributed by atoms with van der Waals surface area (Å²) in [5.41, 5.74) is 0.510. The number of ether oxygens (including phenoxy) is 1. The maximum absolute atomic E-state index is 11.8. The third-order valence-corrected chi connectivity index (χ3v) is 3.06. The Kier molecular flexibility index (Phi) is 5.78. The van der Waals surface area contributed by atoms with Gasteiger partial charge in [-0.05, 0) is 24.6 Å². The van der Waals surface area contributed by atoms with E-state index in [0.29, 0.717) is 30.8 Å². The Balaban J connectivity index is 2.35. The molecule has 0 atom stereocenters. The Morgan fingerprint density at radius 2 is 2.05 bits per heavy atom. The Morgan fingerprint density at radius 3 is 2.68 bits per heavy atom. The lowest BCUT2D eigenvalue weighted by atomic mass is 10.2. The predicted octanol–water partition coefficient (Wildman–Crippen LogP) is 0.364. The van der Waals surface area contributed by atoms with Crippen molar-refractivity contribution in [2.45, 2.75) is 6.42 Å². The maximum Gasteiger partial charge on any atom is 0.251 e. The highest BCUT2D eigenvalue weighted by molar-refractivity contribution is 7.88. The van der Waals surface area contributed by atoms with Crippen molar-refractivity contribution >= 4 is 15.9 Å². The van der Waals surface area contributed by atoms with Gasteiger partial charge in [0.05, 0.1) is 13.4 Å². The average Bonchev–Trinajstić information content (AvgIpc) is 2.37. The lowest BCUT2D eigenvalue weighted by Gasteiger charge is -2.07. The molecule has 0 heterocycles. The third kappa shape index (κ3) is 6.21. The molecule has 0 saturated carbocycles. The number of rotatable bonds is 7. The van der Waals surface area contributed by atoms with Crippen LogP contribution >= 0.6 is 0 Å². The van der Waals surface area contributed by atoms with Crippen LogP contribution in [0.1, 0.15) is 16.8 Å². The first-order valence-corrected chi connectivity index (χ1v) is 7.68. The molecule has 1 aromatic carbocycles. The van der Waals surface area contributed by atoms with Crippen LogP contribution in [0.15, 0.2) is 24.3 Å². The van der Waals surface area contributed by atoms with Gasteiger partial charge in [-0.3, -0.25) is 4.79 Å². The minimum atomic E-state index is -3.17. The number of carbonyl (C=O) groups is 1. The number of amides is 1. The van der Waals surface area contributed by atoms with Crippen molar-refractivity contribution in [3.63, 3.8) is 0 Å². The molecule has 0 aliphatic heterocycles. The number of hydrogen-bond acceptors (Lipinski definition) is 4. The molecule has 0 unspecified atom stereocenters. The van der Waals surface area contributed by atoms with Gasteiger partial charge in [0.1, 0.15) is 5.75 Å². The number of nitrogens with one attached hydrogen (secondary N) is 2. The van der Waals surface area contributed by atoms with Crippen LogP contribution in [0.4, 0.5) is 0 Å². The van der Waals surface area contributed by atoms with Gasteiger partial charge in [0.25, 0.3) is 5.91 Å². The van der Waals surface area contributed by atoms with E-state index >= 15 is 0 Å². The Morgan fingerprint density at radius 1 is 1.32 bits per heavy atom. The highest BCUT2D eigenvalue weighted by Crippen LogP contribution is 2.12. The van der Waals surface area contributed by atoms with E-state index < -0.39 is 10.0 Å². The molecule has 0 aromatic heterocycles. The van der Waals surface area contributed by atoms with Crippen LogP contribution in [-0.4, -0.2) is 40.8 Å². The second-order valence-electron chi connectivity index (χ2n) is 4.01. The van der Waals surface area contributed by atoms with Gasteiger partial charge in [0.15, 0.2) is 0 Å². The second kappa shape index (κ2) is 7.10. The number of benzene rings is 1. The normalized spacial score (nSPS) is 11.1. The molecule has 0 bridgehead atoms. The van der Waals surface area contributed by atoms with Crippen molar-refractivity contribution in [3.8, 4) is 5.75 Å². The lowest BCUT2D eigenvalue weighted by molar-refractivity contribution is 0.0953. The molecule has 0 spiro atoms. The molecule has 106 valence electrons. The molecule has 7 heteroatoms. The summed E-state index contributed by atoms with van der Waals surface area (Å²) in [7, 11) is -1.63. The Bertz CT molecular complexity index is 528. The first-order valence-electron chi connectivity index (χ1n) is 5.79. The number of sulfonamides is 1. The largest absolute Gasteiger partial charge is 0.497 e. The summed E-state index contributed by atoms with van der Waals surface area (Å²) in [5, 5.41) is 2.71. The zero-order chi connectivity index (χ0) is 14.3. The van der Waals surface area contributed by atoms with Crippen molar-refractivity contribution in [1.29, 1.82) is 0 Å². The van der Waals surface area contributed by atoms with Gasteiger partial charge in [0, 0.05) is 18.7 Å². The van der Waals surface area contributed by atoms with E-state index in [4.69, 9.17) is 4.74 Å². The zero-order valence-corrected chi connectivity index (χ0v) is 11.8. The zero-order valence-electron chi connectivity index (χ0n) is 11.0. The van der Waals surface area contributed by atoms with Crippen LogP contribution in [0.25, 0.3) is 0 Å². The molecule has 0 saturated heterocycles. The van der Waals surface area contributed by atoms with E-state index in [0.717, 1.165) is 6.26 Å². The minimum Gasteiger partial charge on any atom is -0.497 e. The van der Waals surface area contributed by atoms with Crippen LogP contribution in [-0.2, 0) is 10.0 Å². The number of methoxy groups -OCH3 is 1. The summed E-state index contributed by atoms with van der Waals surface area (Å²) in [6.07, 6.45) is 1.63. The predicted molar refractivity (Wildman–Crippen MR) is 72.8 cm³/mol. The molecular weight excluding hydrogens is 268 g/mol. The summed E-state index contributed by atoms with van der Waals surface area (Å²) in [6, 6.07) is 6.82. The van der Waals surface area contributed by atoms with Gasteiger partial charge < -0.3 is 10.1 Å². The fourth-order valence-electron chi connectivity index (χ4n) is 1.41. The van der Waals surface area contributed by atoms with E-state index in [1.54, 1.807) is 24.3 Å². The van der Waals surface area contributed by atoms with Crippen LogP contribution in [0.5, 0.6) is 5.75 Å². The van der Waals surface area contributed by atoms with Gasteiger partial charge in [-0.2, -0.15) is 0 Å².